The molecule has 1 N–H and O–H groups in total. The van der Waals surface area contributed by atoms with Crippen molar-refractivity contribution in [3.8, 4) is 0 Å². The van der Waals surface area contributed by atoms with Gasteiger partial charge in [-0.2, -0.15) is 0 Å². The molecule has 2 heterocycles. The Morgan fingerprint density at radius 1 is 1.21 bits per heavy atom. The lowest BCUT2D eigenvalue weighted by molar-refractivity contribution is -0.134. The number of piperidine rings is 1. The van der Waals surface area contributed by atoms with Gasteiger partial charge in [0.25, 0.3) is 0 Å². The number of halogens is 1. The highest BCUT2D eigenvalue weighted by Gasteiger charge is 2.27. The summed E-state index contributed by atoms with van der Waals surface area (Å²) >= 11 is 7.63. The summed E-state index contributed by atoms with van der Waals surface area (Å²) in [7, 11) is 0. The maximum atomic E-state index is 12.5. The molecule has 1 aliphatic heterocycles. The molecule has 0 aliphatic carbocycles. The quantitative estimate of drug-likeness (QED) is 0.505. The first-order valence-corrected chi connectivity index (χ1v) is 11.3. The first kappa shape index (κ1) is 21.7. The van der Waals surface area contributed by atoms with Crippen LogP contribution in [0.15, 0.2) is 47.5 Å². The molecule has 1 aliphatic rings. The fourth-order valence-electron chi connectivity index (χ4n) is 3.33. The predicted octanol–water partition coefficient (Wildman–Crippen LogP) is 4.79. The second kappa shape index (κ2) is 10.6. The van der Waals surface area contributed by atoms with E-state index in [0.29, 0.717) is 38.2 Å². The molecule has 1 aromatic carbocycles. The van der Waals surface area contributed by atoms with Crippen molar-refractivity contribution in [2.45, 2.75) is 37.5 Å². The third kappa shape index (κ3) is 6.75. The molecule has 0 radical (unpaired) electrons. The molecule has 0 spiro atoms. The van der Waals surface area contributed by atoms with Gasteiger partial charge in [0.15, 0.2) is 0 Å². The lowest BCUT2D eigenvalue weighted by Gasteiger charge is -2.31. The average Bonchev–Trinajstić information content (AvgIpc) is 2.72. The number of hydrogen-bond acceptors (Lipinski definition) is 4. The number of hydrogen-bond donors (Lipinski definition) is 1. The van der Waals surface area contributed by atoms with Gasteiger partial charge in [0.05, 0.1) is 0 Å². The number of aromatic nitrogens is 1. The minimum Gasteiger partial charge on any atom is -0.343 e. The summed E-state index contributed by atoms with van der Waals surface area (Å²) in [5.41, 5.74) is 1.06. The van der Waals surface area contributed by atoms with Gasteiger partial charge in [0.2, 0.25) is 11.8 Å². The van der Waals surface area contributed by atoms with Gasteiger partial charge >= 0.3 is 0 Å². The Balaban J connectivity index is 1.35. The van der Waals surface area contributed by atoms with Gasteiger partial charge in [0.1, 0.15) is 5.82 Å². The molecule has 0 atom stereocenters. The summed E-state index contributed by atoms with van der Waals surface area (Å²) in [4.78, 5) is 32.1. The maximum Gasteiger partial charge on any atom is 0.228 e. The third-order valence-corrected chi connectivity index (χ3v) is 6.35. The zero-order valence-electron chi connectivity index (χ0n) is 16.6. The topological polar surface area (TPSA) is 62.3 Å². The van der Waals surface area contributed by atoms with Crippen molar-refractivity contribution in [1.82, 2.24) is 9.88 Å². The van der Waals surface area contributed by atoms with Crippen molar-refractivity contribution in [1.29, 1.82) is 0 Å². The summed E-state index contributed by atoms with van der Waals surface area (Å²) in [6, 6.07) is 11.5. The van der Waals surface area contributed by atoms with E-state index >= 15 is 0 Å². The van der Waals surface area contributed by atoms with E-state index in [9.17, 15) is 9.59 Å². The maximum absolute atomic E-state index is 12.5. The molecular weight excluding hydrogens is 406 g/mol. The lowest BCUT2D eigenvalue weighted by Crippen LogP contribution is -2.41. The van der Waals surface area contributed by atoms with Crippen molar-refractivity contribution >= 4 is 41.0 Å². The van der Waals surface area contributed by atoms with Crippen LogP contribution >= 0.6 is 23.4 Å². The molecule has 2 aromatic rings. The first-order chi connectivity index (χ1) is 14.0. The number of carbonyl (C=O) groups excluding carboxylic acids is 2. The number of rotatable bonds is 7. The van der Waals surface area contributed by atoms with Crippen LogP contribution in [0.5, 0.6) is 0 Å². The molecule has 1 aromatic heterocycles. The average molecular weight is 432 g/mol. The Morgan fingerprint density at radius 2 is 1.93 bits per heavy atom. The Kier molecular flexibility index (Phi) is 7.95. The van der Waals surface area contributed by atoms with Crippen LogP contribution in [0.4, 0.5) is 5.82 Å². The van der Waals surface area contributed by atoms with Crippen molar-refractivity contribution in [2.75, 3.05) is 24.2 Å². The number of carbonyl (C=O) groups is 2. The number of likely N-dealkylation sites (tertiary alicyclic amines) is 1. The van der Waals surface area contributed by atoms with Gasteiger partial charge in [0, 0.05) is 41.5 Å². The minimum absolute atomic E-state index is 0.00503. The van der Waals surface area contributed by atoms with Crippen molar-refractivity contribution in [3.05, 3.63) is 53.2 Å². The van der Waals surface area contributed by atoms with Gasteiger partial charge in [-0.05, 0) is 73.9 Å². The summed E-state index contributed by atoms with van der Waals surface area (Å²) in [6.45, 7) is 3.25. The number of nitrogens with one attached hydrogen (secondary N) is 1. The molecule has 29 heavy (non-hydrogen) atoms. The Morgan fingerprint density at radius 3 is 2.62 bits per heavy atom. The molecule has 5 nitrogen and oxygen atoms in total. The second-order valence-electron chi connectivity index (χ2n) is 7.27. The van der Waals surface area contributed by atoms with Gasteiger partial charge in [-0.1, -0.05) is 11.6 Å². The van der Waals surface area contributed by atoms with E-state index in [2.05, 4.69) is 10.3 Å². The summed E-state index contributed by atoms with van der Waals surface area (Å²) in [5, 5.41) is 3.63. The van der Waals surface area contributed by atoms with Gasteiger partial charge < -0.3 is 10.2 Å². The zero-order chi connectivity index (χ0) is 20.6. The third-order valence-electron chi connectivity index (χ3n) is 5.00. The number of pyridine rings is 1. The predicted molar refractivity (Wildman–Crippen MR) is 118 cm³/mol. The highest BCUT2D eigenvalue weighted by molar-refractivity contribution is 7.99. The fraction of sp³-hybridized carbons (Fsp3) is 0.409. The van der Waals surface area contributed by atoms with E-state index < -0.39 is 0 Å². The van der Waals surface area contributed by atoms with Crippen molar-refractivity contribution in [3.63, 3.8) is 0 Å². The largest absolute Gasteiger partial charge is 0.343 e. The van der Waals surface area contributed by atoms with E-state index in [1.54, 1.807) is 18.0 Å². The van der Waals surface area contributed by atoms with Gasteiger partial charge in [-0.25, -0.2) is 4.98 Å². The van der Waals surface area contributed by atoms with Crippen LogP contribution < -0.4 is 5.32 Å². The van der Waals surface area contributed by atoms with E-state index in [1.165, 1.54) is 0 Å². The standard InChI is InChI=1S/C22H26ClN3O2S/c1-16-8-11-24-20(15-16)25-22(28)17-9-12-26(13-10-17)21(27)3-2-14-29-19-6-4-18(23)5-7-19/h4-8,11,15,17H,2-3,9-10,12-14H2,1H3,(H,24,25,28). The summed E-state index contributed by atoms with van der Waals surface area (Å²) < 4.78 is 0. The van der Waals surface area contributed by atoms with Crippen LogP contribution in [-0.2, 0) is 9.59 Å². The molecule has 1 saturated heterocycles. The monoisotopic (exact) mass is 431 g/mol. The molecule has 2 amide bonds. The van der Waals surface area contributed by atoms with Crippen LogP contribution in [0.25, 0.3) is 0 Å². The highest BCUT2D eigenvalue weighted by Crippen LogP contribution is 2.23. The SMILES string of the molecule is Cc1ccnc(NC(=O)C2CCN(C(=O)CCCSc3ccc(Cl)cc3)CC2)c1. The number of benzene rings is 1. The smallest absolute Gasteiger partial charge is 0.228 e. The molecule has 0 unspecified atom stereocenters. The van der Waals surface area contributed by atoms with Crippen LogP contribution in [0.2, 0.25) is 5.02 Å². The summed E-state index contributed by atoms with van der Waals surface area (Å²) in [6.07, 6.45) is 4.47. The van der Waals surface area contributed by atoms with Gasteiger partial charge in [-0.3, -0.25) is 9.59 Å². The molecule has 1 fully saturated rings. The Bertz CT molecular complexity index is 836. The summed E-state index contributed by atoms with van der Waals surface area (Å²) in [5.74, 6) is 1.60. The number of amides is 2. The fourth-order valence-corrected chi connectivity index (χ4v) is 4.31. The minimum atomic E-state index is -0.0678. The second-order valence-corrected chi connectivity index (χ2v) is 8.87. The van der Waals surface area contributed by atoms with E-state index in [-0.39, 0.29) is 17.7 Å². The molecule has 0 bridgehead atoms. The Hall–Kier alpha value is -2.05. The van der Waals surface area contributed by atoms with Crippen LogP contribution in [0, 0.1) is 12.8 Å². The van der Waals surface area contributed by atoms with Crippen molar-refractivity contribution in [2.24, 2.45) is 5.92 Å². The molecular formula is C22H26ClN3O2S. The highest BCUT2D eigenvalue weighted by atomic mass is 35.5. The normalized spacial score (nSPS) is 14.6. The molecule has 3 rings (SSSR count). The number of aryl methyl sites for hydroxylation is 1. The van der Waals surface area contributed by atoms with Crippen LogP contribution in [0.1, 0.15) is 31.2 Å². The van der Waals surface area contributed by atoms with E-state index in [0.717, 1.165) is 27.7 Å². The van der Waals surface area contributed by atoms with Gasteiger partial charge in [-0.15, -0.1) is 11.8 Å². The lowest BCUT2D eigenvalue weighted by atomic mass is 9.95. The molecule has 7 heteroatoms. The molecule has 0 saturated carbocycles. The number of anilines is 1. The van der Waals surface area contributed by atoms with E-state index in [4.69, 9.17) is 11.6 Å². The zero-order valence-corrected chi connectivity index (χ0v) is 18.1. The first-order valence-electron chi connectivity index (χ1n) is 9.91. The number of thioether (sulfide) groups is 1. The number of nitrogens with zero attached hydrogens (tertiary/aromatic N) is 2. The Labute approximate surface area is 181 Å². The van der Waals surface area contributed by atoms with E-state index in [1.807, 2.05) is 48.2 Å². The van der Waals surface area contributed by atoms with Crippen molar-refractivity contribution < 1.29 is 9.59 Å². The van der Waals surface area contributed by atoms with Crippen LogP contribution in [0.3, 0.4) is 0 Å². The molecule has 154 valence electrons. The van der Waals surface area contributed by atoms with Crippen LogP contribution in [-0.4, -0.2) is 40.5 Å².